The molecule has 0 unspecified atom stereocenters. The molecule has 6 heteroatoms. The second-order valence-corrected chi connectivity index (χ2v) is 5.70. The molecule has 0 bridgehead atoms. The van der Waals surface area contributed by atoms with Crippen LogP contribution in [0.15, 0.2) is 60.7 Å². The third-order valence-corrected chi connectivity index (χ3v) is 3.55. The van der Waals surface area contributed by atoms with Crippen LogP contribution in [0.1, 0.15) is 15.9 Å². The van der Waals surface area contributed by atoms with Gasteiger partial charge in [0, 0.05) is 16.3 Å². The molecule has 5 nitrogen and oxygen atoms in total. The molecular weight excluding hydrogens is 324 g/mol. The summed E-state index contributed by atoms with van der Waals surface area (Å²) in [4.78, 5) is 12.1. The molecule has 1 heterocycles. The van der Waals surface area contributed by atoms with Crippen molar-refractivity contribution < 1.29 is 4.79 Å². The molecule has 2 aromatic carbocycles. The van der Waals surface area contributed by atoms with E-state index < -0.39 is 0 Å². The van der Waals surface area contributed by atoms with Crippen LogP contribution in [0, 0.1) is 6.92 Å². The van der Waals surface area contributed by atoms with Crippen molar-refractivity contribution in [2.24, 2.45) is 0 Å². The van der Waals surface area contributed by atoms with E-state index in [0.717, 1.165) is 5.69 Å². The summed E-state index contributed by atoms with van der Waals surface area (Å²) in [6.07, 6.45) is 0. The number of halogens is 1. The van der Waals surface area contributed by atoms with Crippen LogP contribution in [0.3, 0.4) is 0 Å². The first-order valence-electron chi connectivity index (χ1n) is 7.34. The third kappa shape index (κ3) is 4.08. The summed E-state index contributed by atoms with van der Waals surface area (Å²) >= 11 is 5.88. The van der Waals surface area contributed by atoms with Gasteiger partial charge >= 0.3 is 0 Å². The van der Waals surface area contributed by atoms with Gasteiger partial charge in [-0.2, -0.15) is 0 Å². The number of nitrogens with zero attached hydrogens (tertiary/aromatic N) is 2. The minimum Gasteiger partial charge on any atom is -0.339 e. The second kappa shape index (κ2) is 7.10. The molecular formula is C18H15ClN4O. The van der Waals surface area contributed by atoms with E-state index >= 15 is 0 Å². The van der Waals surface area contributed by atoms with Crippen LogP contribution in [0.2, 0.25) is 5.02 Å². The topological polar surface area (TPSA) is 66.9 Å². The molecule has 0 spiro atoms. The predicted octanol–water partition coefficient (Wildman–Crippen LogP) is 4.43. The molecule has 1 aromatic heterocycles. The van der Waals surface area contributed by atoms with Crippen LogP contribution < -0.4 is 10.6 Å². The fourth-order valence-corrected chi connectivity index (χ4v) is 2.26. The average molecular weight is 339 g/mol. The number of benzene rings is 2. The molecule has 24 heavy (non-hydrogen) atoms. The quantitative estimate of drug-likeness (QED) is 0.738. The number of aromatic nitrogens is 2. The van der Waals surface area contributed by atoms with Crippen LogP contribution in [-0.4, -0.2) is 16.1 Å². The number of carbonyl (C=O) groups is 1. The van der Waals surface area contributed by atoms with Gasteiger partial charge in [0.05, 0.1) is 0 Å². The molecule has 2 N–H and O–H groups in total. The Kier molecular flexibility index (Phi) is 4.72. The Morgan fingerprint density at radius 1 is 0.958 bits per heavy atom. The fraction of sp³-hybridized carbons (Fsp3) is 0.0556. The summed E-state index contributed by atoms with van der Waals surface area (Å²) in [5, 5.41) is 14.4. The Balaban J connectivity index is 1.66. The Bertz CT molecular complexity index is 848. The van der Waals surface area contributed by atoms with Crippen LogP contribution >= 0.6 is 11.6 Å². The van der Waals surface area contributed by atoms with E-state index in [9.17, 15) is 4.79 Å². The first-order valence-corrected chi connectivity index (χ1v) is 7.72. The summed E-state index contributed by atoms with van der Waals surface area (Å²) in [5.74, 6) is 0.681. The standard InChI is InChI=1S/C18H15ClN4O/c1-12-5-7-15(8-6-12)20-16-9-10-17(23-22-16)21-18(24)13-3-2-4-14(19)11-13/h2-11H,1H3,(H,20,22)(H,21,23,24). The Morgan fingerprint density at radius 3 is 2.33 bits per heavy atom. The Labute approximate surface area is 144 Å². The molecule has 0 radical (unpaired) electrons. The van der Waals surface area contributed by atoms with E-state index in [4.69, 9.17) is 11.6 Å². The van der Waals surface area contributed by atoms with Crippen molar-refractivity contribution in [1.29, 1.82) is 0 Å². The lowest BCUT2D eigenvalue weighted by atomic mass is 10.2. The molecule has 0 aliphatic carbocycles. The lowest BCUT2D eigenvalue weighted by Gasteiger charge is -2.07. The molecule has 0 aliphatic rings. The zero-order chi connectivity index (χ0) is 16.9. The number of rotatable bonds is 4. The van der Waals surface area contributed by atoms with Gasteiger partial charge < -0.3 is 10.6 Å². The largest absolute Gasteiger partial charge is 0.339 e. The van der Waals surface area contributed by atoms with Gasteiger partial charge in [0.1, 0.15) is 0 Å². The fourth-order valence-electron chi connectivity index (χ4n) is 2.07. The summed E-state index contributed by atoms with van der Waals surface area (Å²) in [5.41, 5.74) is 2.57. The van der Waals surface area contributed by atoms with Gasteiger partial charge in [0.15, 0.2) is 11.6 Å². The minimum absolute atomic E-state index is 0.286. The van der Waals surface area contributed by atoms with E-state index in [-0.39, 0.29) is 5.91 Å². The lowest BCUT2D eigenvalue weighted by molar-refractivity contribution is 0.102. The third-order valence-electron chi connectivity index (χ3n) is 3.32. The van der Waals surface area contributed by atoms with Crippen LogP contribution in [-0.2, 0) is 0 Å². The first kappa shape index (κ1) is 16.0. The number of aryl methyl sites for hydroxylation is 1. The number of hydrogen-bond donors (Lipinski definition) is 2. The van der Waals surface area contributed by atoms with Crippen molar-refractivity contribution in [2.75, 3.05) is 10.6 Å². The van der Waals surface area contributed by atoms with E-state index in [1.54, 1.807) is 36.4 Å². The van der Waals surface area contributed by atoms with E-state index in [1.165, 1.54) is 5.56 Å². The van der Waals surface area contributed by atoms with Gasteiger partial charge in [-0.25, -0.2) is 0 Å². The summed E-state index contributed by atoms with van der Waals surface area (Å²) in [7, 11) is 0. The van der Waals surface area contributed by atoms with Crippen molar-refractivity contribution in [3.8, 4) is 0 Å². The van der Waals surface area contributed by atoms with E-state index in [2.05, 4.69) is 20.8 Å². The Morgan fingerprint density at radius 2 is 1.67 bits per heavy atom. The van der Waals surface area contributed by atoms with Gasteiger partial charge in [-0.05, 0) is 49.4 Å². The number of hydrogen-bond acceptors (Lipinski definition) is 4. The van der Waals surface area contributed by atoms with Crippen molar-refractivity contribution in [1.82, 2.24) is 10.2 Å². The molecule has 0 fully saturated rings. The van der Waals surface area contributed by atoms with Gasteiger partial charge in [0.25, 0.3) is 5.91 Å². The summed E-state index contributed by atoms with van der Waals surface area (Å²) in [6, 6.07) is 18.1. The maximum Gasteiger partial charge on any atom is 0.256 e. The normalized spacial score (nSPS) is 10.2. The van der Waals surface area contributed by atoms with E-state index in [1.807, 2.05) is 31.2 Å². The number of carbonyl (C=O) groups excluding carboxylic acids is 1. The van der Waals surface area contributed by atoms with Gasteiger partial charge in [-0.15, -0.1) is 10.2 Å². The number of nitrogens with one attached hydrogen (secondary N) is 2. The molecule has 3 aromatic rings. The number of amides is 1. The van der Waals surface area contributed by atoms with Crippen molar-refractivity contribution in [3.63, 3.8) is 0 Å². The first-order chi connectivity index (χ1) is 11.6. The minimum atomic E-state index is -0.286. The lowest BCUT2D eigenvalue weighted by Crippen LogP contribution is -2.13. The van der Waals surface area contributed by atoms with Gasteiger partial charge in [0.2, 0.25) is 0 Å². The van der Waals surface area contributed by atoms with Gasteiger partial charge in [-0.3, -0.25) is 4.79 Å². The van der Waals surface area contributed by atoms with E-state index in [0.29, 0.717) is 22.2 Å². The summed E-state index contributed by atoms with van der Waals surface area (Å²) in [6.45, 7) is 2.03. The van der Waals surface area contributed by atoms with Crippen LogP contribution in [0.5, 0.6) is 0 Å². The van der Waals surface area contributed by atoms with Crippen LogP contribution in [0.4, 0.5) is 17.3 Å². The maximum atomic E-state index is 12.1. The van der Waals surface area contributed by atoms with Crippen molar-refractivity contribution >= 4 is 34.8 Å². The Hall–Kier alpha value is -2.92. The molecule has 1 amide bonds. The summed E-state index contributed by atoms with van der Waals surface area (Å²) < 4.78 is 0. The molecule has 3 rings (SSSR count). The van der Waals surface area contributed by atoms with Crippen molar-refractivity contribution in [3.05, 3.63) is 76.8 Å². The highest BCUT2D eigenvalue weighted by molar-refractivity contribution is 6.31. The zero-order valence-corrected chi connectivity index (χ0v) is 13.7. The maximum absolute atomic E-state index is 12.1. The van der Waals surface area contributed by atoms with Crippen LogP contribution in [0.25, 0.3) is 0 Å². The molecule has 0 saturated carbocycles. The van der Waals surface area contributed by atoms with Crippen molar-refractivity contribution in [2.45, 2.75) is 6.92 Å². The molecule has 0 aliphatic heterocycles. The number of anilines is 3. The molecule has 0 saturated heterocycles. The SMILES string of the molecule is Cc1ccc(Nc2ccc(NC(=O)c3cccc(Cl)c3)nn2)cc1. The molecule has 0 atom stereocenters. The predicted molar refractivity (Wildman–Crippen MR) is 95.9 cm³/mol. The molecule has 120 valence electrons. The zero-order valence-electron chi connectivity index (χ0n) is 13.0. The monoisotopic (exact) mass is 338 g/mol. The average Bonchev–Trinajstić information content (AvgIpc) is 2.59. The highest BCUT2D eigenvalue weighted by Crippen LogP contribution is 2.16. The highest BCUT2D eigenvalue weighted by Gasteiger charge is 2.07. The smallest absolute Gasteiger partial charge is 0.256 e. The highest BCUT2D eigenvalue weighted by atomic mass is 35.5. The second-order valence-electron chi connectivity index (χ2n) is 5.26. The van der Waals surface area contributed by atoms with Gasteiger partial charge in [-0.1, -0.05) is 35.4 Å².